The van der Waals surface area contributed by atoms with Crippen LogP contribution in [0.15, 0.2) is 15.7 Å². The van der Waals surface area contributed by atoms with Crippen LogP contribution in [0.2, 0.25) is 0 Å². The number of esters is 1. The molecule has 0 bridgehead atoms. The lowest BCUT2D eigenvalue weighted by atomic mass is 9.87. The smallest absolute Gasteiger partial charge is 0.348 e. The third-order valence-electron chi connectivity index (χ3n) is 5.26. The van der Waals surface area contributed by atoms with Crippen LogP contribution in [0.4, 0.5) is 5.82 Å². The first kappa shape index (κ1) is 21.0. The Morgan fingerprint density at radius 2 is 2.10 bits per heavy atom. The summed E-state index contributed by atoms with van der Waals surface area (Å²) >= 11 is 1.40. The largest absolute Gasteiger partial charge is 0.453 e. The molecule has 1 aliphatic carbocycles. The molecular formula is C20H25N3O5S. The number of nitrogens with one attached hydrogen (secondary N) is 1. The minimum Gasteiger partial charge on any atom is -0.453 e. The Hall–Kier alpha value is -2.68. The fourth-order valence-electron chi connectivity index (χ4n) is 3.63. The quantitative estimate of drug-likeness (QED) is 0.523. The van der Waals surface area contributed by atoms with E-state index in [1.54, 1.807) is 0 Å². The number of nitrogen functional groups attached to an aromatic ring is 1. The first-order chi connectivity index (χ1) is 13.8. The summed E-state index contributed by atoms with van der Waals surface area (Å²) in [5.41, 5.74) is 5.14. The fourth-order valence-corrected chi connectivity index (χ4v) is 4.73. The molecule has 0 saturated heterocycles. The van der Waals surface area contributed by atoms with Crippen molar-refractivity contribution in [3.05, 3.63) is 47.8 Å². The lowest BCUT2D eigenvalue weighted by molar-refractivity contribution is 0.0479. The van der Waals surface area contributed by atoms with Crippen molar-refractivity contribution in [2.45, 2.75) is 52.5 Å². The maximum absolute atomic E-state index is 12.5. The molecule has 0 aromatic carbocycles. The van der Waals surface area contributed by atoms with E-state index in [0.29, 0.717) is 17.2 Å². The first-order valence-corrected chi connectivity index (χ1v) is 10.6. The molecule has 0 spiro atoms. The molecule has 1 atom stereocenters. The normalized spacial score (nSPS) is 15.7. The third-order valence-corrected chi connectivity index (χ3v) is 6.48. The van der Waals surface area contributed by atoms with Crippen molar-refractivity contribution in [3.63, 3.8) is 0 Å². The number of nitrogens with zero attached hydrogens (tertiary/aromatic N) is 1. The number of aromatic amines is 1. The second kappa shape index (κ2) is 8.77. The number of H-pyrrole nitrogens is 1. The van der Waals surface area contributed by atoms with Crippen LogP contribution in [0.1, 0.15) is 63.6 Å². The van der Waals surface area contributed by atoms with Gasteiger partial charge in [0.1, 0.15) is 16.3 Å². The molecule has 2 heterocycles. The zero-order chi connectivity index (χ0) is 21.1. The molecule has 3 rings (SSSR count). The number of hydrogen-bond acceptors (Lipinski definition) is 7. The monoisotopic (exact) mass is 419 g/mol. The molecule has 8 nitrogen and oxygen atoms in total. The summed E-state index contributed by atoms with van der Waals surface area (Å²) in [7, 11) is 0. The van der Waals surface area contributed by atoms with E-state index in [-0.39, 0.29) is 17.9 Å². The van der Waals surface area contributed by atoms with Crippen molar-refractivity contribution in [3.8, 4) is 0 Å². The van der Waals surface area contributed by atoms with Gasteiger partial charge < -0.3 is 10.5 Å². The number of Topliss-reactive ketones (excluding diaryl/α,β-unsaturated/α-hetero) is 1. The van der Waals surface area contributed by atoms with Gasteiger partial charge in [-0.3, -0.25) is 19.1 Å². The molecular weight excluding hydrogens is 394 g/mol. The molecule has 0 fully saturated rings. The van der Waals surface area contributed by atoms with Gasteiger partial charge in [-0.15, -0.1) is 11.3 Å². The summed E-state index contributed by atoms with van der Waals surface area (Å²) in [4.78, 5) is 52.5. The SMILES string of the molecule is CCCn1c(N)c(C(=O)COC(=O)c2cc3c(s2)CC[C@@H](CC)C3)c(=O)[nH]c1=O. The van der Waals surface area contributed by atoms with Gasteiger partial charge in [-0.05, 0) is 43.2 Å². The van der Waals surface area contributed by atoms with Gasteiger partial charge in [0.2, 0.25) is 5.78 Å². The van der Waals surface area contributed by atoms with E-state index in [0.717, 1.165) is 30.3 Å². The molecule has 0 aliphatic heterocycles. The number of ether oxygens (including phenoxy) is 1. The van der Waals surface area contributed by atoms with Crippen molar-refractivity contribution < 1.29 is 14.3 Å². The number of fused-ring (bicyclic) bond motifs is 1. The first-order valence-electron chi connectivity index (χ1n) is 9.80. The molecule has 2 aromatic rings. The lowest BCUT2D eigenvalue weighted by Crippen LogP contribution is -2.37. The van der Waals surface area contributed by atoms with Gasteiger partial charge in [0.25, 0.3) is 5.56 Å². The number of nitrogens with two attached hydrogens (primary N) is 1. The minimum absolute atomic E-state index is 0.209. The van der Waals surface area contributed by atoms with E-state index in [9.17, 15) is 19.2 Å². The van der Waals surface area contributed by atoms with E-state index >= 15 is 0 Å². The molecule has 0 radical (unpaired) electrons. The summed E-state index contributed by atoms with van der Waals surface area (Å²) < 4.78 is 6.27. The van der Waals surface area contributed by atoms with Gasteiger partial charge in [-0.1, -0.05) is 20.3 Å². The number of aromatic nitrogens is 2. The summed E-state index contributed by atoms with van der Waals surface area (Å²) in [6.45, 7) is 3.65. The van der Waals surface area contributed by atoms with Crippen LogP contribution in [-0.4, -0.2) is 27.9 Å². The van der Waals surface area contributed by atoms with Crippen molar-refractivity contribution in [2.75, 3.05) is 12.3 Å². The van der Waals surface area contributed by atoms with Crippen LogP contribution >= 0.6 is 11.3 Å². The molecule has 1 aliphatic rings. The third kappa shape index (κ3) is 4.34. The predicted octanol–water partition coefficient (Wildman–Crippen LogP) is 2.14. The zero-order valence-electron chi connectivity index (χ0n) is 16.6. The van der Waals surface area contributed by atoms with E-state index in [1.807, 2.05) is 13.0 Å². The van der Waals surface area contributed by atoms with Crippen LogP contribution in [0.25, 0.3) is 0 Å². The number of carbonyl (C=O) groups is 2. The highest BCUT2D eigenvalue weighted by molar-refractivity contribution is 7.14. The number of ketones is 1. The number of carbonyl (C=O) groups excluding carboxylic acids is 2. The Bertz CT molecular complexity index is 1050. The standard InChI is InChI=1S/C20H25N3O5S/c1-3-7-23-17(21)16(18(25)22-20(23)27)13(24)10-28-19(26)15-9-12-8-11(4-2)5-6-14(12)29-15/h9,11H,3-8,10,21H2,1-2H3,(H,22,25,27)/t11-/m1/s1. The van der Waals surface area contributed by atoms with Crippen molar-refractivity contribution in [1.82, 2.24) is 9.55 Å². The average Bonchev–Trinajstić information content (AvgIpc) is 3.12. The molecule has 3 N–H and O–H groups in total. The lowest BCUT2D eigenvalue weighted by Gasteiger charge is -2.19. The van der Waals surface area contributed by atoms with E-state index in [2.05, 4.69) is 11.9 Å². The van der Waals surface area contributed by atoms with Gasteiger partial charge >= 0.3 is 11.7 Å². The van der Waals surface area contributed by atoms with Crippen molar-refractivity contribution in [1.29, 1.82) is 0 Å². The number of anilines is 1. The van der Waals surface area contributed by atoms with Crippen LogP contribution in [0, 0.1) is 5.92 Å². The molecule has 29 heavy (non-hydrogen) atoms. The molecule has 2 aromatic heterocycles. The molecule has 0 unspecified atom stereocenters. The average molecular weight is 420 g/mol. The van der Waals surface area contributed by atoms with E-state index < -0.39 is 29.6 Å². The Balaban J connectivity index is 1.72. The topological polar surface area (TPSA) is 124 Å². The number of rotatable bonds is 7. The number of hydrogen-bond donors (Lipinski definition) is 2. The van der Waals surface area contributed by atoms with Crippen LogP contribution in [0.3, 0.4) is 0 Å². The van der Waals surface area contributed by atoms with Gasteiger partial charge in [0.15, 0.2) is 6.61 Å². The van der Waals surface area contributed by atoms with Crippen molar-refractivity contribution in [2.24, 2.45) is 5.92 Å². The molecule has 9 heteroatoms. The van der Waals surface area contributed by atoms with E-state index in [1.165, 1.54) is 21.8 Å². The van der Waals surface area contributed by atoms with Crippen molar-refractivity contribution >= 4 is 28.9 Å². The van der Waals surface area contributed by atoms with Gasteiger partial charge in [-0.25, -0.2) is 9.59 Å². The minimum atomic E-state index is -0.877. The Morgan fingerprint density at radius 3 is 2.79 bits per heavy atom. The summed E-state index contributed by atoms with van der Waals surface area (Å²) in [5.74, 6) is -0.910. The fraction of sp³-hybridized carbons (Fsp3) is 0.500. The molecule has 0 saturated carbocycles. The van der Waals surface area contributed by atoms with Gasteiger partial charge in [0, 0.05) is 11.4 Å². The summed E-state index contributed by atoms with van der Waals surface area (Å²) in [5, 5.41) is 0. The maximum Gasteiger partial charge on any atom is 0.348 e. The highest BCUT2D eigenvalue weighted by Gasteiger charge is 2.24. The van der Waals surface area contributed by atoms with Crippen LogP contribution in [0.5, 0.6) is 0 Å². The Morgan fingerprint density at radius 1 is 1.34 bits per heavy atom. The van der Waals surface area contributed by atoms with Gasteiger partial charge in [-0.2, -0.15) is 0 Å². The summed E-state index contributed by atoms with van der Waals surface area (Å²) in [6, 6.07) is 1.84. The van der Waals surface area contributed by atoms with Crippen LogP contribution < -0.4 is 17.0 Å². The number of aryl methyl sites for hydroxylation is 1. The van der Waals surface area contributed by atoms with Gasteiger partial charge in [0.05, 0.1) is 0 Å². The van der Waals surface area contributed by atoms with E-state index in [4.69, 9.17) is 10.5 Å². The second-order valence-electron chi connectivity index (χ2n) is 7.25. The molecule has 156 valence electrons. The molecule has 0 amide bonds. The van der Waals surface area contributed by atoms with Crippen LogP contribution in [-0.2, 0) is 24.1 Å². The highest BCUT2D eigenvalue weighted by Crippen LogP contribution is 2.33. The summed E-state index contributed by atoms with van der Waals surface area (Å²) in [6.07, 6.45) is 4.74. The zero-order valence-corrected chi connectivity index (χ0v) is 17.4. The Labute approximate surface area is 171 Å². The number of thiophene rings is 1. The Kier molecular flexibility index (Phi) is 6.36. The predicted molar refractivity (Wildman–Crippen MR) is 111 cm³/mol. The highest BCUT2D eigenvalue weighted by atomic mass is 32.1. The maximum atomic E-state index is 12.5. The second-order valence-corrected chi connectivity index (χ2v) is 8.38.